The van der Waals surface area contributed by atoms with E-state index in [-0.39, 0.29) is 11.5 Å². The van der Waals surface area contributed by atoms with Gasteiger partial charge in [-0.1, -0.05) is 0 Å². The maximum absolute atomic E-state index is 11.0. The maximum atomic E-state index is 11.0. The van der Waals surface area contributed by atoms with Crippen molar-refractivity contribution in [2.24, 2.45) is 0 Å². The lowest BCUT2D eigenvalue weighted by Gasteiger charge is -1.96. The van der Waals surface area contributed by atoms with Gasteiger partial charge in [0.15, 0.2) is 5.78 Å². The summed E-state index contributed by atoms with van der Waals surface area (Å²) in [4.78, 5) is 18.0. The zero-order valence-electron chi connectivity index (χ0n) is 8.19. The summed E-state index contributed by atoms with van der Waals surface area (Å²) in [6.07, 6.45) is 1.50. The Morgan fingerprint density at radius 2 is 2.00 bits per heavy atom. The van der Waals surface area contributed by atoms with Gasteiger partial charge in [-0.3, -0.25) is 4.79 Å². The quantitative estimate of drug-likeness (QED) is 0.732. The second-order valence-electron chi connectivity index (χ2n) is 3.25. The molecular weight excluding hydrogens is 192 g/mol. The number of phenols is 1. The highest BCUT2D eigenvalue weighted by molar-refractivity contribution is 5.92. The van der Waals surface area contributed by atoms with E-state index in [0.29, 0.717) is 11.5 Å². The van der Waals surface area contributed by atoms with Gasteiger partial charge in [0.05, 0.1) is 6.20 Å². The fourth-order valence-electron chi connectivity index (χ4n) is 1.27. The molecule has 2 rings (SSSR count). The Labute approximate surface area is 86.6 Å². The Kier molecular flexibility index (Phi) is 2.25. The molecule has 0 unspecified atom stereocenters. The molecule has 4 nitrogen and oxygen atoms in total. The summed E-state index contributed by atoms with van der Waals surface area (Å²) >= 11 is 0. The summed E-state index contributed by atoms with van der Waals surface area (Å²) in [6, 6.07) is 6.62. The zero-order chi connectivity index (χ0) is 10.8. The molecule has 4 heteroatoms. The average Bonchev–Trinajstić information content (AvgIpc) is 2.68. The van der Waals surface area contributed by atoms with Gasteiger partial charge in [-0.15, -0.1) is 0 Å². The second kappa shape index (κ2) is 3.57. The van der Waals surface area contributed by atoms with Gasteiger partial charge in [0.2, 0.25) is 0 Å². The Bertz CT molecular complexity index is 486. The Morgan fingerprint density at radius 1 is 1.33 bits per heavy atom. The third kappa shape index (κ3) is 1.88. The molecule has 76 valence electrons. The molecule has 0 radical (unpaired) electrons. The monoisotopic (exact) mass is 202 g/mol. The summed E-state index contributed by atoms with van der Waals surface area (Å²) in [6.45, 7) is 1.48. The first kappa shape index (κ1) is 9.45. The number of carbonyl (C=O) groups is 1. The number of imidazole rings is 1. The number of nitrogens with one attached hydrogen (secondary N) is 1. The van der Waals surface area contributed by atoms with E-state index in [4.69, 9.17) is 5.11 Å². The van der Waals surface area contributed by atoms with Crippen LogP contribution in [-0.2, 0) is 0 Å². The van der Waals surface area contributed by atoms with Crippen LogP contribution in [0.1, 0.15) is 17.4 Å². The molecule has 0 aliphatic heterocycles. The molecule has 0 spiro atoms. The van der Waals surface area contributed by atoms with Crippen molar-refractivity contribution in [2.75, 3.05) is 0 Å². The number of benzene rings is 1. The predicted octanol–water partition coefficient (Wildman–Crippen LogP) is 1.98. The molecule has 0 aliphatic rings. The number of rotatable bonds is 2. The van der Waals surface area contributed by atoms with Crippen molar-refractivity contribution in [3.63, 3.8) is 0 Å². The van der Waals surface area contributed by atoms with Crippen LogP contribution in [0.5, 0.6) is 5.75 Å². The van der Waals surface area contributed by atoms with Crippen LogP contribution in [0.25, 0.3) is 11.4 Å². The van der Waals surface area contributed by atoms with Crippen molar-refractivity contribution < 1.29 is 9.90 Å². The summed E-state index contributed by atoms with van der Waals surface area (Å²) in [5.74, 6) is 0.782. The van der Waals surface area contributed by atoms with Crippen molar-refractivity contribution >= 4 is 5.78 Å². The normalized spacial score (nSPS) is 10.2. The number of carbonyl (C=O) groups excluding carboxylic acids is 1. The fraction of sp³-hybridized carbons (Fsp3) is 0.0909. The summed E-state index contributed by atoms with van der Waals surface area (Å²) < 4.78 is 0. The Hall–Kier alpha value is -2.10. The van der Waals surface area contributed by atoms with Crippen molar-refractivity contribution in [1.29, 1.82) is 0 Å². The first-order valence-electron chi connectivity index (χ1n) is 4.52. The van der Waals surface area contributed by atoms with E-state index in [1.54, 1.807) is 24.3 Å². The molecule has 0 bridgehead atoms. The van der Waals surface area contributed by atoms with Crippen LogP contribution < -0.4 is 0 Å². The van der Waals surface area contributed by atoms with Gasteiger partial charge in [-0.25, -0.2) is 4.98 Å². The van der Waals surface area contributed by atoms with Gasteiger partial charge in [0.1, 0.15) is 17.3 Å². The van der Waals surface area contributed by atoms with Gasteiger partial charge in [-0.2, -0.15) is 0 Å². The van der Waals surface area contributed by atoms with Gasteiger partial charge < -0.3 is 10.1 Å². The van der Waals surface area contributed by atoms with E-state index in [0.717, 1.165) is 5.56 Å². The highest BCUT2D eigenvalue weighted by Crippen LogP contribution is 2.18. The largest absolute Gasteiger partial charge is 0.508 e. The molecule has 15 heavy (non-hydrogen) atoms. The van der Waals surface area contributed by atoms with Crippen molar-refractivity contribution in [3.05, 3.63) is 36.2 Å². The van der Waals surface area contributed by atoms with E-state index in [1.165, 1.54) is 13.1 Å². The maximum Gasteiger partial charge on any atom is 0.177 e. The lowest BCUT2D eigenvalue weighted by Crippen LogP contribution is -1.91. The van der Waals surface area contributed by atoms with E-state index in [9.17, 15) is 4.79 Å². The number of phenolic OH excluding ortho intramolecular Hbond substituents is 1. The number of nitrogens with zero attached hydrogens (tertiary/aromatic N) is 1. The molecular formula is C11H10N2O2. The van der Waals surface area contributed by atoms with Crippen LogP contribution in [-0.4, -0.2) is 20.9 Å². The Balaban J connectivity index is 2.37. The Morgan fingerprint density at radius 3 is 2.53 bits per heavy atom. The van der Waals surface area contributed by atoms with Crippen LogP contribution in [0.3, 0.4) is 0 Å². The summed E-state index contributed by atoms with van der Waals surface area (Å²) in [5.41, 5.74) is 1.32. The molecule has 0 amide bonds. The first-order chi connectivity index (χ1) is 7.16. The number of Topliss-reactive ketones (excluding diaryl/α,β-unsaturated/α-hetero) is 1. The van der Waals surface area contributed by atoms with Crippen molar-refractivity contribution in [1.82, 2.24) is 9.97 Å². The number of H-pyrrole nitrogens is 1. The minimum atomic E-state index is -0.0486. The zero-order valence-corrected chi connectivity index (χ0v) is 8.19. The number of aromatic nitrogens is 2. The summed E-state index contributed by atoms with van der Waals surface area (Å²) in [5, 5.41) is 9.11. The van der Waals surface area contributed by atoms with Crippen LogP contribution in [0, 0.1) is 0 Å². The van der Waals surface area contributed by atoms with E-state index < -0.39 is 0 Å². The van der Waals surface area contributed by atoms with Crippen LogP contribution in [0.15, 0.2) is 30.5 Å². The van der Waals surface area contributed by atoms with E-state index in [2.05, 4.69) is 9.97 Å². The molecule has 1 heterocycles. The molecule has 0 saturated heterocycles. The highest BCUT2D eigenvalue weighted by Gasteiger charge is 2.06. The molecule has 2 aromatic rings. The smallest absolute Gasteiger partial charge is 0.177 e. The van der Waals surface area contributed by atoms with E-state index in [1.807, 2.05) is 0 Å². The minimum Gasteiger partial charge on any atom is -0.508 e. The fourth-order valence-corrected chi connectivity index (χ4v) is 1.27. The number of ketones is 1. The van der Waals surface area contributed by atoms with Gasteiger partial charge in [0.25, 0.3) is 0 Å². The van der Waals surface area contributed by atoms with Gasteiger partial charge in [-0.05, 0) is 24.3 Å². The second-order valence-corrected chi connectivity index (χ2v) is 3.25. The number of hydrogen-bond donors (Lipinski definition) is 2. The number of aromatic amines is 1. The SMILES string of the molecule is CC(=O)c1cnc(-c2ccc(O)cc2)[nH]1. The van der Waals surface area contributed by atoms with Crippen LogP contribution in [0.2, 0.25) is 0 Å². The van der Waals surface area contributed by atoms with Gasteiger partial charge >= 0.3 is 0 Å². The molecule has 2 N–H and O–H groups in total. The molecule has 0 saturated carbocycles. The average molecular weight is 202 g/mol. The third-order valence-corrected chi connectivity index (χ3v) is 2.10. The number of hydrogen-bond acceptors (Lipinski definition) is 3. The van der Waals surface area contributed by atoms with Crippen molar-refractivity contribution in [2.45, 2.75) is 6.92 Å². The third-order valence-electron chi connectivity index (χ3n) is 2.10. The first-order valence-corrected chi connectivity index (χ1v) is 4.52. The van der Waals surface area contributed by atoms with Crippen molar-refractivity contribution in [3.8, 4) is 17.1 Å². The lowest BCUT2D eigenvalue weighted by molar-refractivity contribution is 0.101. The van der Waals surface area contributed by atoms with Crippen LogP contribution in [0.4, 0.5) is 0 Å². The standard InChI is InChI=1S/C11H10N2O2/c1-7(14)10-6-12-11(13-10)8-2-4-9(15)5-3-8/h2-6,15H,1H3,(H,12,13). The predicted molar refractivity (Wildman–Crippen MR) is 55.7 cm³/mol. The lowest BCUT2D eigenvalue weighted by atomic mass is 10.2. The highest BCUT2D eigenvalue weighted by atomic mass is 16.3. The van der Waals surface area contributed by atoms with E-state index >= 15 is 0 Å². The van der Waals surface area contributed by atoms with Gasteiger partial charge in [0, 0.05) is 12.5 Å². The summed E-state index contributed by atoms with van der Waals surface area (Å²) in [7, 11) is 0. The van der Waals surface area contributed by atoms with Crippen LogP contribution >= 0.6 is 0 Å². The molecule has 0 aliphatic carbocycles. The topological polar surface area (TPSA) is 66.0 Å². The molecule has 1 aromatic carbocycles. The number of aromatic hydroxyl groups is 1. The molecule has 0 fully saturated rings. The molecule has 0 atom stereocenters. The minimum absolute atomic E-state index is 0.0486. The molecule has 1 aromatic heterocycles.